The molecule has 0 unspecified atom stereocenters. The number of rotatable bonds is 2. The number of nitrogens with zero attached hydrogens (tertiary/aromatic N) is 3. The summed E-state index contributed by atoms with van der Waals surface area (Å²) in [5.41, 5.74) is 5.62. The molecule has 1 aliphatic heterocycles. The molecule has 0 fully saturated rings. The molecule has 0 atom stereocenters. The van der Waals surface area contributed by atoms with E-state index in [1.54, 1.807) is 12.4 Å². The van der Waals surface area contributed by atoms with Crippen molar-refractivity contribution in [1.82, 2.24) is 19.7 Å². The molecule has 1 N–H and O–H groups in total. The molecule has 0 saturated heterocycles. The third kappa shape index (κ3) is 1.83. The van der Waals surface area contributed by atoms with Gasteiger partial charge in [-0.05, 0) is 30.2 Å². The van der Waals surface area contributed by atoms with Crippen molar-refractivity contribution in [2.45, 2.75) is 13.5 Å². The van der Waals surface area contributed by atoms with Gasteiger partial charge in [0, 0.05) is 28.9 Å². The monoisotopic (exact) mass is 290 g/mol. The van der Waals surface area contributed by atoms with E-state index < -0.39 is 0 Å². The van der Waals surface area contributed by atoms with Crippen LogP contribution >= 0.6 is 0 Å². The fraction of sp³-hybridized carbons (Fsp3) is 0.118. The zero-order valence-electron chi connectivity index (χ0n) is 12.1. The second-order valence-electron chi connectivity index (χ2n) is 5.48. The van der Waals surface area contributed by atoms with Crippen molar-refractivity contribution in [3.05, 3.63) is 58.9 Å². The van der Waals surface area contributed by atoms with Crippen molar-refractivity contribution < 1.29 is 0 Å². The summed E-state index contributed by atoms with van der Waals surface area (Å²) in [6.45, 7) is 6.77. The normalized spacial score (nSPS) is 12.8. The summed E-state index contributed by atoms with van der Waals surface area (Å²) in [7, 11) is 0. The Bertz CT molecular complexity index is 987. The maximum atomic E-state index is 11.1. The maximum Gasteiger partial charge on any atom is 0.344 e. The second kappa shape index (κ2) is 4.53. The van der Waals surface area contributed by atoms with E-state index >= 15 is 0 Å². The van der Waals surface area contributed by atoms with Crippen molar-refractivity contribution >= 4 is 22.6 Å². The van der Waals surface area contributed by atoms with Gasteiger partial charge in [-0.25, -0.2) is 9.78 Å². The van der Waals surface area contributed by atoms with Crippen LogP contribution in [0.1, 0.15) is 18.2 Å². The Balaban J connectivity index is 2.04. The molecule has 0 amide bonds. The van der Waals surface area contributed by atoms with Crippen molar-refractivity contribution in [2.75, 3.05) is 0 Å². The predicted molar refractivity (Wildman–Crippen MR) is 87.3 cm³/mol. The molecule has 3 aromatic rings. The maximum absolute atomic E-state index is 11.1. The first-order chi connectivity index (χ1) is 10.6. The molecule has 5 heteroatoms. The van der Waals surface area contributed by atoms with Gasteiger partial charge in [-0.15, -0.1) is 0 Å². The molecule has 5 nitrogen and oxygen atoms in total. The minimum atomic E-state index is -0.346. The quantitative estimate of drug-likeness (QED) is 0.789. The van der Waals surface area contributed by atoms with Crippen LogP contribution in [-0.2, 0) is 6.54 Å². The Kier molecular flexibility index (Phi) is 2.63. The molecule has 2 aromatic heterocycles. The Labute approximate surface area is 126 Å². The van der Waals surface area contributed by atoms with E-state index in [-0.39, 0.29) is 5.69 Å². The molecule has 0 bridgehead atoms. The minimum Gasteiger partial charge on any atom is -0.312 e. The minimum absolute atomic E-state index is 0.346. The van der Waals surface area contributed by atoms with E-state index in [1.807, 2.05) is 11.6 Å². The van der Waals surface area contributed by atoms with Gasteiger partial charge in [-0.3, -0.25) is 4.68 Å². The lowest BCUT2D eigenvalue weighted by Gasteiger charge is -2.10. The first-order valence-corrected chi connectivity index (χ1v) is 7.05. The van der Waals surface area contributed by atoms with Crippen LogP contribution in [-0.4, -0.2) is 19.7 Å². The Morgan fingerprint density at radius 3 is 2.95 bits per heavy atom. The number of hydrogen-bond acceptors (Lipinski definition) is 3. The molecule has 3 heterocycles. The second-order valence-corrected chi connectivity index (χ2v) is 5.48. The highest BCUT2D eigenvalue weighted by Crippen LogP contribution is 2.33. The Hall–Kier alpha value is -2.95. The van der Waals surface area contributed by atoms with Crippen LogP contribution in [0.5, 0.6) is 0 Å². The van der Waals surface area contributed by atoms with Crippen molar-refractivity contribution in [2.24, 2.45) is 0 Å². The Morgan fingerprint density at radius 2 is 2.23 bits per heavy atom. The molecule has 108 valence electrons. The number of aromatic amines is 1. The van der Waals surface area contributed by atoms with E-state index in [1.165, 1.54) is 0 Å². The fourth-order valence-electron chi connectivity index (χ4n) is 2.87. The summed E-state index contributed by atoms with van der Waals surface area (Å²) in [5.74, 6) is 0. The largest absolute Gasteiger partial charge is 0.344 e. The van der Waals surface area contributed by atoms with Gasteiger partial charge in [0.25, 0.3) is 0 Å². The SMILES string of the molecule is C=C(C)c1nn2c3c(cc(-c4cnc(=O)[nH]c4)cc13)C=CC2. The van der Waals surface area contributed by atoms with Gasteiger partial charge in [0.1, 0.15) is 0 Å². The standard InChI is InChI=1S/C17H14N4O/c1-10(2)15-14-7-12(13-8-18-17(22)19-9-13)6-11-4-3-5-21(20-15)16(11)14/h3-4,6-9H,1,5H2,2H3,(H,18,19,22). The van der Waals surface area contributed by atoms with Gasteiger partial charge in [-0.2, -0.15) is 5.10 Å². The average Bonchev–Trinajstić information content (AvgIpc) is 2.89. The summed E-state index contributed by atoms with van der Waals surface area (Å²) in [6, 6.07) is 4.18. The van der Waals surface area contributed by atoms with Crippen LogP contribution in [0.3, 0.4) is 0 Å². The summed E-state index contributed by atoms with van der Waals surface area (Å²) in [4.78, 5) is 17.6. The van der Waals surface area contributed by atoms with Gasteiger partial charge < -0.3 is 4.98 Å². The van der Waals surface area contributed by atoms with Crippen LogP contribution in [0, 0.1) is 0 Å². The smallest absolute Gasteiger partial charge is 0.312 e. The van der Waals surface area contributed by atoms with E-state index in [9.17, 15) is 4.79 Å². The molecule has 0 spiro atoms. The summed E-state index contributed by atoms with van der Waals surface area (Å²) < 4.78 is 2.00. The molecular weight excluding hydrogens is 276 g/mol. The van der Waals surface area contributed by atoms with Crippen molar-refractivity contribution in [1.29, 1.82) is 0 Å². The molecule has 1 aromatic carbocycles. The van der Waals surface area contributed by atoms with Gasteiger partial charge in [0.2, 0.25) is 0 Å². The first kappa shape index (κ1) is 12.8. The molecule has 22 heavy (non-hydrogen) atoms. The third-order valence-corrected chi connectivity index (χ3v) is 3.86. The van der Waals surface area contributed by atoms with Gasteiger partial charge in [-0.1, -0.05) is 18.7 Å². The van der Waals surface area contributed by atoms with Crippen LogP contribution in [0.25, 0.3) is 33.7 Å². The van der Waals surface area contributed by atoms with Gasteiger partial charge in [0.05, 0.1) is 17.8 Å². The molecular formula is C17H14N4O. The number of allylic oxidation sites excluding steroid dienone is 2. The lowest BCUT2D eigenvalue weighted by molar-refractivity contribution is 0.721. The van der Waals surface area contributed by atoms with E-state index in [4.69, 9.17) is 0 Å². The van der Waals surface area contributed by atoms with Crippen LogP contribution in [0.15, 0.2) is 42.0 Å². The zero-order valence-corrected chi connectivity index (χ0v) is 12.1. The highest BCUT2D eigenvalue weighted by atomic mass is 16.1. The van der Waals surface area contributed by atoms with Gasteiger partial charge in [0.15, 0.2) is 0 Å². The summed E-state index contributed by atoms with van der Waals surface area (Å²) in [6.07, 6.45) is 7.46. The lowest BCUT2D eigenvalue weighted by atomic mass is 9.99. The van der Waals surface area contributed by atoms with Crippen molar-refractivity contribution in [3.63, 3.8) is 0 Å². The lowest BCUT2D eigenvalue weighted by Crippen LogP contribution is -2.08. The summed E-state index contributed by atoms with van der Waals surface area (Å²) >= 11 is 0. The Morgan fingerprint density at radius 1 is 1.36 bits per heavy atom. The number of nitrogens with one attached hydrogen (secondary N) is 1. The molecule has 0 radical (unpaired) electrons. The summed E-state index contributed by atoms with van der Waals surface area (Å²) in [5, 5.41) is 5.74. The van der Waals surface area contributed by atoms with E-state index in [0.29, 0.717) is 0 Å². The number of benzene rings is 1. The predicted octanol–water partition coefficient (Wildman–Crippen LogP) is 2.85. The van der Waals surface area contributed by atoms with Gasteiger partial charge >= 0.3 is 5.69 Å². The molecule has 1 aliphatic rings. The molecule has 0 aliphatic carbocycles. The third-order valence-electron chi connectivity index (χ3n) is 3.86. The highest BCUT2D eigenvalue weighted by Gasteiger charge is 2.17. The van der Waals surface area contributed by atoms with Crippen LogP contribution in [0.4, 0.5) is 0 Å². The van der Waals surface area contributed by atoms with E-state index in [0.717, 1.165) is 45.4 Å². The van der Waals surface area contributed by atoms with Crippen LogP contribution < -0.4 is 5.69 Å². The number of H-pyrrole nitrogens is 1. The average molecular weight is 290 g/mol. The zero-order chi connectivity index (χ0) is 15.3. The number of hydrogen-bond donors (Lipinski definition) is 1. The number of aromatic nitrogens is 4. The highest BCUT2D eigenvalue weighted by molar-refractivity contribution is 5.98. The molecule has 0 saturated carbocycles. The van der Waals surface area contributed by atoms with Crippen molar-refractivity contribution in [3.8, 4) is 11.1 Å². The topological polar surface area (TPSA) is 63.6 Å². The van der Waals surface area contributed by atoms with Crippen LogP contribution in [0.2, 0.25) is 0 Å². The fourth-order valence-corrected chi connectivity index (χ4v) is 2.87. The molecule has 4 rings (SSSR count). The van der Waals surface area contributed by atoms with E-state index in [2.05, 4.69) is 45.9 Å². The first-order valence-electron chi connectivity index (χ1n) is 7.05.